The van der Waals surface area contributed by atoms with E-state index >= 15 is 0 Å². The van der Waals surface area contributed by atoms with Crippen LogP contribution in [-0.4, -0.2) is 82.6 Å². The summed E-state index contributed by atoms with van der Waals surface area (Å²) in [6, 6.07) is 3.70. The number of aliphatic carboxylic acids is 1. The molecule has 0 bridgehead atoms. The Morgan fingerprint density at radius 1 is 0.857 bits per heavy atom. The number of carboxylic acids is 1. The van der Waals surface area contributed by atoms with E-state index in [-0.39, 0.29) is 5.56 Å². The number of aliphatic hydroxyl groups is 3. The monoisotopic (exact) mass is 494 g/mol. The fraction of sp³-hybridized carbons (Fsp3) is 0.238. The number of carboxylic acid groups (broad SMARTS) is 1. The van der Waals surface area contributed by atoms with Crippen LogP contribution in [-0.2, 0) is 9.53 Å². The van der Waals surface area contributed by atoms with Crippen LogP contribution >= 0.6 is 0 Å². The number of benzene rings is 2. The van der Waals surface area contributed by atoms with Crippen LogP contribution in [0.15, 0.2) is 33.5 Å². The van der Waals surface area contributed by atoms with Crippen molar-refractivity contribution in [1.29, 1.82) is 0 Å². The van der Waals surface area contributed by atoms with Crippen molar-refractivity contribution in [2.24, 2.45) is 0 Å². The van der Waals surface area contributed by atoms with E-state index in [0.29, 0.717) is 6.07 Å². The van der Waals surface area contributed by atoms with E-state index in [1.54, 1.807) is 0 Å². The van der Waals surface area contributed by atoms with Crippen molar-refractivity contribution < 1.29 is 64.6 Å². The molecule has 1 saturated heterocycles. The zero-order valence-corrected chi connectivity index (χ0v) is 17.3. The third-order valence-corrected chi connectivity index (χ3v) is 5.34. The van der Waals surface area contributed by atoms with Gasteiger partial charge in [-0.25, -0.2) is 4.79 Å². The molecule has 0 aliphatic carbocycles. The molecule has 1 aliphatic rings. The summed E-state index contributed by atoms with van der Waals surface area (Å²) >= 11 is 0. The Labute approximate surface area is 193 Å². The summed E-state index contributed by atoms with van der Waals surface area (Å²) in [6.07, 6.45) is -10.3. The summed E-state index contributed by atoms with van der Waals surface area (Å²) in [7, 11) is 0. The Kier molecular flexibility index (Phi) is 5.82. The highest BCUT2D eigenvalue weighted by Gasteiger charge is 2.48. The summed E-state index contributed by atoms with van der Waals surface area (Å²) in [5.41, 5.74) is -2.06. The second kappa shape index (κ2) is 8.52. The van der Waals surface area contributed by atoms with E-state index in [1.165, 1.54) is 0 Å². The van der Waals surface area contributed by atoms with Crippen molar-refractivity contribution in [3.63, 3.8) is 0 Å². The zero-order valence-electron chi connectivity index (χ0n) is 17.3. The lowest BCUT2D eigenvalue weighted by Crippen LogP contribution is -2.61. The van der Waals surface area contributed by atoms with Gasteiger partial charge in [0.15, 0.2) is 34.7 Å². The minimum Gasteiger partial charge on any atom is -0.507 e. The third-order valence-electron chi connectivity index (χ3n) is 5.34. The first-order chi connectivity index (χ1) is 16.4. The van der Waals surface area contributed by atoms with E-state index in [2.05, 4.69) is 0 Å². The summed E-state index contributed by atoms with van der Waals surface area (Å²) in [5.74, 6) is -7.01. The Balaban J connectivity index is 1.95. The average Bonchev–Trinajstić information content (AvgIpc) is 2.80. The van der Waals surface area contributed by atoms with Crippen LogP contribution in [0.3, 0.4) is 0 Å². The molecule has 5 atom stereocenters. The molecule has 2 heterocycles. The Morgan fingerprint density at radius 3 is 2.17 bits per heavy atom. The van der Waals surface area contributed by atoms with Gasteiger partial charge in [0.05, 0.1) is 0 Å². The highest BCUT2D eigenvalue weighted by molar-refractivity contribution is 5.93. The number of hydrogen-bond donors (Lipinski definition) is 9. The Bertz CT molecular complexity index is 1380. The average molecular weight is 494 g/mol. The van der Waals surface area contributed by atoms with E-state index in [4.69, 9.17) is 13.9 Å². The van der Waals surface area contributed by atoms with Crippen molar-refractivity contribution in [2.45, 2.75) is 30.7 Å². The van der Waals surface area contributed by atoms with Crippen LogP contribution in [0.4, 0.5) is 0 Å². The van der Waals surface area contributed by atoms with Gasteiger partial charge in [0.1, 0.15) is 29.4 Å². The number of fused-ring (bicyclic) bond motifs is 1. The smallest absolute Gasteiger partial charge is 0.335 e. The molecule has 1 fully saturated rings. The van der Waals surface area contributed by atoms with Gasteiger partial charge in [-0.05, 0) is 18.2 Å². The van der Waals surface area contributed by atoms with Gasteiger partial charge in [0.25, 0.3) is 0 Å². The van der Waals surface area contributed by atoms with Gasteiger partial charge >= 0.3 is 5.97 Å². The number of ether oxygens (including phenoxy) is 2. The molecule has 4 rings (SSSR count). The number of carbonyl (C=O) groups is 1. The summed E-state index contributed by atoms with van der Waals surface area (Å²) < 4.78 is 15.9. The van der Waals surface area contributed by atoms with E-state index in [9.17, 15) is 55.5 Å². The van der Waals surface area contributed by atoms with Gasteiger partial charge in [0.2, 0.25) is 23.2 Å². The summed E-state index contributed by atoms with van der Waals surface area (Å²) in [6.45, 7) is 0. The molecule has 3 aromatic rings. The second-order valence-electron chi connectivity index (χ2n) is 7.61. The van der Waals surface area contributed by atoms with Crippen LogP contribution in [0.1, 0.15) is 0 Å². The Hall–Kier alpha value is -4.24. The highest BCUT2D eigenvalue weighted by Crippen LogP contribution is 2.43. The second-order valence-corrected chi connectivity index (χ2v) is 7.61. The van der Waals surface area contributed by atoms with Gasteiger partial charge in [-0.3, -0.25) is 4.79 Å². The molecule has 2 aromatic carbocycles. The van der Waals surface area contributed by atoms with Crippen LogP contribution in [0.25, 0.3) is 22.3 Å². The molecule has 0 radical (unpaired) electrons. The van der Waals surface area contributed by atoms with Gasteiger partial charge in [-0.15, -0.1) is 0 Å². The maximum Gasteiger partial charge on any atom is 0.335 e. The van der Waals surface area contributed by atoms with Crippen LogP contribution in [0.5, 0.6) is 34.5 Å². The SMILES string of the molecule is O=C(O)C1OC(Oc2c(-c3ccc(O)c(O)c3)oc3c(O)c(O)cc(O)c3c2=O)C(O)C(O)C1O. The summed E-state index contributed by atoms with van der Waals surface area (Å²) in [5, 5.41) is 88.3. The molecule has 186 valence electrons. The molecule has 14 nitrogen and oxygen atoms in total. The molecule has 0 amide bonds. The van der Waals surface area contributed by atoms with Gasteiger partial charge in [0, 0.05) is 11.6 Å². The van der Waals surface area contributed by atoms with Crippen molar-refractivity contribution in [1.82, 2.24) is 0 Å². The normalized spacial score (nSPS) is 24.4. The fourth-order valence-corrected chi connectivity index (χ4v) is 3.53. The molecule has 5 unspecified atom stereocenters. The number of phenolic OH excluding ortho intramolecular Hbond substituents is 5. The first-order valence-electron chi connectivity index (χ1n) is 9.78. The van der Waals surface area contributed by atoms with Crippen LogP contribution < -0.4 is 10.2 Å². The lowest BCUT2D eigenvalue weighted by Gasteiger charge is -2.38. The topological polar surface area (TPSA) is 248 Å². The molecular weight excluding hydrogens is 476 g/mol. The number of aliphatic hydroxyl groups excluding tert-OH is 3. The van der Waals surface area contributed by atoms with Crippen LogP contribution in [0, 0.1) is 0 Å². The zero-order chi connectivity index (χ0) is 25.8. The van der Waals surface area contributed by atoms with Crippen LogP contribution in [0.2, 0.25) is 0 Å². The van der Waals surface area contributed by atoms with Crippen molar-refractivity contribution in [3.05, 3.63) is 34.5 Å². The van der Waals surface area contributed by atoms with Crippen molar-refractivity contribution in [3.8, 4) is 45.8 Å². The molecule has 9 N–H and O–H groups in total. The third kappa shape index (κ3) is 3.89. The number of phenols is 5. The highest BCUT2D eigenvalue weighted by atomic mass is 16.7. The molecule has 14 heteroatoms. The molecule has 1 aliphatic heterocycles. The predicted octanol–water partition coefficient (Wildman–Crippen LogP) is -0.741. The predicted molar refractivity (Wildman–Crippen MR) is 111 cm³/mol. The van der Waals surface area contributed by atoms with Crippen molar-refractivity contribution in [2.75, 3.05) is 0 Å². The molecular formula is C21H18O14. The Morgan fingerprint density at radius 2 is 1.54 bits per heavy atom. The van der Waals surface area contributed by atoms with E-state index in [1.807, 2.05) is 0 Å². The molecule has 0 saturated carbocycles. The maximum absolute atomic E-state index is 13.3. The molecule has 35 heavy (non-hydrogen) atoms. The first-order valence-corrected chi connectivity index (χ1v) is 9.78. The van der Waals surface area contributed by atoms with Gasteiger partial charge in [-0.2, -0.15) is 0 Å². The lowest BCUT2D eigenvalue weighted by molar-refractivity contribution is -0.271. The standard InChI is InChI=1S/C21H18O14/c22-6-2-1-5(3-7(6)23)16-18(12(27)10-8(24)4-9(25)11(26)17(10)33-16)34-21-15(30)13(28)14(29)19(35-21)20(31)32/h1-4,13-15,19,21-26,28-30H,(H,31,32). The van der Waals surface area contributed by atoms with E-state index < -0.39 is 93.3 Å². The van der Waals surface area contributed by atoms with E-state index in [0.717, 1.165) is 18.2 Å². The summed E-state index contributed by atoms with van der Waals surface area (Å²) in [4.78, 5) is 24.7. The number of rotatable bonds is 4. The van der Waals surface area contributed by atoms with Crippen molar-refractivity contribution >= 4 is 16.9 Å². The number of hydrogen-bond acceptors (Lipinski definition) is 13. The first kappa shape index (κ1) is 23.9. The van der Waals surface area contributed by atoms with Gasteiger partial charge < -0.3 is 59.8 Å². The lowest BCUT2D eigenvalue weighted by atomic mass is 9.99. The minimum atomic E-state index is -2.07. The largest absolute Gasteiger partial charge is 0.507 e. The minimum absolute atomic E-state index is 0.155. The maximum atomic E-state index is 13.3. The number of aromatic hydroxyl groups is 5. The fourth-order valence-electron chi connectivity index (χ4n) is 3.53. The molecule has 1 aromatic heterocycles. The van der Waals surface area contributed by atoms with Gasteiger partial charge in [-0.1, -0.05) is 0 Å². The molecule has 0 spiro atoms. The quantitative estimate of drug-likeness (QED) is 0.160.